The van der Waals surface area contributed by atoms with Gasteiger partial charge in [0.1, 0.15) is 23.1 Å². The van der Waals surface area contributed by atoms with Crippen molar-refractivity contribution in [2.45, 2.75) is 18.9 Å². The van der Waals surface area contributed by atoms with Crippen molar-refractivity contribution in [2.24, 2.45) is 0 Å². The van der Waals surface area contributed by atoms with Gasteiger partial charge in [0.15, 0.2) is 0 Å². The van der Waals surface area contributed by atoms with Crippen molar-refractivity contribution >= 4 is 16.7 Å². The van der Waals surface area contributed by atoms with Crippen molar-refractivity contribution in [1.29, 1.82) is 0 Å². The maximum atomic E-state index is 6.06. The predicted octanol–water partition coefficient (Wildman–Crippen LogP) is 4.75. The number of nitrogens with one attached hydrogen (secondary N) is 2. The summed E-state index contributed by atoms with van der Waals surface area (Å²) >= 11 is 0. The maximum absolute atomic E-state index is 6.06. The summed E-state index contributed by atoms with van der Waals surface area (Å²) in [6.07, 6.45) is 8.10. The molecule has 3 aromatic heterocycles. The number of methoxy groups -OCH3 is 1. The summed E-state index contributed by atoms with van der Waals surface area (Å²) in [6, 6.07) is 16.1. The van der Waals surface area contributed by atoms with E-state index in [0.717, 1.165) is 62.7 Å². The molecule has 1 aliphatic heterocycles. The van der Waals surface area contributed by atoms with Gasteiger partial charge in [-0.1, -0.05) is 12.1 Å². The molecule has 8 heteroatoms. The number of rotatable bonds is 6. The number of ether oxygens (including phenoxy) is 2. The molecule has 0 bridgehead atoms. The lowest BCUT2D eigenvalue weighted by atomic mass is 9.95. The molecule has 2 N–H and O–H groups in total. The number of anilines is 1. The maximum Gasteiger partial charge on any atom is 0.138 e. The van der Waals surface area contributed by atoms with E-state index in [9.17, 15) is 0 Å². The standard InChI is InChI=1S/C27H24N6O2/c1-34-22-5-7-25-19(10-22)9-20(16-35-25)26-32-24-6-4-18(21-14-30-31-15-21)11-23(24)27(33-26)29-13-17-3-2-8-28-12-17/h2-8,10-12,14-15,20H,9,13,16H2,1H3,(H,30,31)(H,29,32,33)/t20-/m1/s1. The smallest absolute Gasteiger partial charge is 0.138 e. The second-order valence-corrected chi connectivity index (χ2v) is 8.55. The van der Waals surface area contributed by atoms with E-state index in [1.807, 2.05) is 55.0 Å². The van der Waals surface area contributed by atoms with Gasteiger partial charge in [-0.25, -0.2) is 9.97 Å². The minimum Gasteiger partial charge on any atom is -0.497 e. The van der Waals surface area contributed by atoms with Crippen molar-refractivity contribution < 1.29 is 9.47 Å². The van der Waals surface area contributed by atoms with E-state index in [2.05, 4.69) is 32.6 Å². The molecule has 0 saturated heterocycles. The molecule has 0 fully saturated rings. The number of hydrogen-bond donors (Lipinski definition) is 2. The Morgan fingerprint density at radius 2 is 2.06 bits per heavy atom. The number of aromatic nitrogens is 5. The van der Waals surface area contributed by atoms with E-state index in [1.54, 1.807) is 13.3 Å². The van der Waals surface area contributed by atoms with Crippen molar-refractivity contribution in [3.05, 3.63) is 90.3 Å². The third-order valence-electron chi connectivity index (χ3n) is 6.27. The van der Waals surface area contributed by atoms with Crippen LogP contribution in [0, 0.1) is 0 Å². The van der Waals surface area contributed by atoms with Gasteiger partial charge in [-0.3, -0.25) is 10.1 Å². The molecule has 0 radical (unpaired) electrons. The first kappa shape index (κ1) is 21.1. The van der Waals surface area contributed by atoms with E-state index < -0.39 is 0 Å². The van der Waals surface area contributed by atoms with Gasteiger partial charge in [-0.15, -0.1) is 0 Å². The summed E-state index contributed by atoms with van der Waals surface area (Å²) in [5.74, 6) is 3.29. The normalized spacial score (nSPS) is 14.8. The lowest BCUT2D eigenvalue weighted by molar-refractivity contribution is 0.257. The molecule has 1 atom stereocenters. The molecular weight excluding hydrogens is 440 g/mol. The highest BCUT2D eigenvalue weighted by Gasteiger charge is 2.25. The first-order valence-corrected chi connectivity index (χ1v) is 11.5. The highest BCUT2D eigenvalue weighted by atomic mass is 16.5. The summed E-state index contributed by atoms with van der Waals surface area (Å²) in [4.78, 5) is 14.2. The predicted molar refractivity (Wildman–Crippen MR) is 134 cm³/mol. The Balaban J connectivity index is 1.38. The monoisotopic (exact) mass is 464 g/mol. The Morgan fingerprint density at radius 1 is 1.09 bits per heavy atom. The number of hydrogen-bond acceptors (Lipinski definition) is 7. The summed E-state index contributed by atoms with van der Waals surface area (Å²) in [5.41, 5.74) is 5.13. The zero-order chi connectivity index (χ0) is 23.6. The largest absolute Gasteiger partial charge is 0.497 e. The highest BCUT2D eigenvalue weighted by Crippen LogP contribution is 2.35. The molecule has 8 nitrogen and oxygen atoms in total. The van der Waals surface area contributed by atoms with Gasteiger partial charge in [0.25, 0.3) is 0 Å². The molecule has 0 spiro atoms. The number of pyridine rings is 1. The van der Waals surface area contributed by atoms with E-state index in [0.29, 0.717) is 13.2 Å². The average Bonchev–Trinajstić information content (AvgIpc) is 3.46. The molecule has 4 heterocycles. The lowest BCUT2D eigenvalue weighted by Crippen LogP contribution is -2.22. The van der Waals surface area contributed by atoms with E-state index in [-0.39, 0.29) is 5.92 Å². The molecule has 174 valence electrons. The minimum atomic E-state index is 0.0338. The van der Waals surface area contributed by atoms with Crippen molar-refractivity contribution in [3.63, 3.8) is 0 Å². The molecule has 0 saturated carbocycles. The molecule has 1 aliphatic rings. The molecule has 0 aliphatic carbocycles. The van der Waals surface area contributed by atoms with Gasteiger partial charge in [0.2, 0.25) is 0 Å². The fourth-order valence-electron chi connectivity index (χ4n) is 4.40. The SMILES string of the molecule is COc1ccc2c(c1)C[C@@H](c1nc(NCc3cccnc3)c3cc(-c4cn[nH]c4)ccc3n1)CO2. The van der Waals surface area contributed by atoms with E-state index in [4.69, 9.17) is 19.4 Å². The van der Waals surface area contributed by atoms with Crippen molar-refractivity contribution in [3.8, 4) is 22.6 Å². The fourth-order valence-corrected chi connectivity index (χ4v) is 4.40. The highest BCUT2D eigenvalue weighted by molar-refractivity contribution is 5.92. The first-order chi connectivity index (χ1) is 17.3. The number of fused-ring (bicyclic) bond motifs is 2. The Bertz CT molecular complexity index is 1470. The second-order valence-electron chi connectivity index (χ2n) is 8.55. The Morgan fingerprint density at radius 3 is 2.89 bits per heavy atom. The van der Waals surface area contributed by atoms with Crippen LogP contribution < -0.4 is 14.8 Å². The summed E-state index contributed by atoms with van der Waals surface area (Å²) in [7, 11) is 1.67. The van der Waals surface area contributed by atoms with Crippen LogP contribution in [0.2, 0.25) is 0 Å². The fraction of sp³-hybridized carbons (Fsp3) is 0.185. The van der Waals surface area contributed by atoms with Crippen LogP contribution in [0.25, 0.3) is 22.0 Å². The summed E-state index contributed by atoms with van der Waals surface area (Å²) in [6.45, 7) is 1.14. The van der Waals surface area contributed by atoms with Crippen LogP contribution in [0.3, 0.4) is 0 Å². The molecule has 5 aromatic rings. The Hall–Kier alpha value is -4.46. The van der Waals surface area contributed by atoms with Gasteiger partial charge in [0, 0.05) is 36.1 Å². The number of benzene rings is 2. The van der Waals surface area contributed by atoms with Crippen LogP contribution in [0.4, 0.5) is 5.82 Å². The lowest BCUT2D eigenvalue weighted by Gasteiger charge is -2.25. The zero-order valence-electron chi connectivity index (χ0n) is 19.2. The van der Waals surface area contributed by atoms with Crippen LogP contribution in [0.1, 0.15) is 22.9 Å². The number of H-pyrrole nitrogens is 1. The van der Waals surface area contributed by atoms with Crippen molar-refractivity contribution in [2.75, 3.05) is 19.0 Å². The zero-order valence-corrected chi connectivity index (χ0v) is 19.2. The molecule has 0 amide bonds. The van der Waals surface area contributed by atoms with Gasteiger partial charge >= 0.3 is 0 Å². The van der Waals surface area contributed by atoms with E-state index >= 15 is 0 Å². The molecule has 0 unspecified atom stereocenters. The summed E-state index contributed by atoms with van der Waals surface area (Å²) < 4.78 is 11.5. The quantitative estimate of drug-likeness (QED) is 0.374. The molecule has 35 heavy (non-hydrogen) atoms. The first-order valence-electron chi connectivity index (χ1n) is 11.5. The molecule has 2 aromatic carbocycles. The molecule has 6 rings (SSSR count). The average molecular weight is 465 g/mol. The number of nitrogens with zero attached hydrogens (tertiary/aromatic N) is 4. The topological polar surface area (TPSA) is 97.8 Å². The molecular formula is C27H24N6O2. The third kappa shape index (κ3) is 4.26. The summed E-state index contributed by atoms with van der Waals surface area (Å²) in [5, 5.41) is 11.4. The van der Waals surface area contributed by atoms with Gasteiger partial charge in [0.05, 0.1) is 31.3 Å². The second kappa shape index (κ2) is 9.06. The van der Waals surface area contributed by atoms with Crippen LogP contribution in [-0.4, -0.2) is 38.9 Å². The minimum absolute atomic E-state index is 0.0338. The van der Waals surface area contributed by atoms with Crippen LogP contribution in [0.5, 0.6) is 11.5 Å². The third-order valence-corrected chi connectivity index (χ3v) is 6.27. The van der Waals surface area contributed by atoms with Gasteiger partial charge in [-0.2, -0.15) is 5.10 Å². The van der Waals surface area contributed by atoms with Crippen LogP contribution >= 0.6 is 0 Å². The Labute approximate surface area is 202 Å². The van der Waals surface area contributed by atoms with Crippen LogP contribution in [-0.2, 0) is 13.0 Å². The van der Waals surface area contributed by atoms with E-state index in [1.165, 1.54) is 0 Å². The number of aromatic amines is 1. The van der Waals surface area contributed by atoms with Gasteiger partial charge in [-0.05, 0) is 59.5 Å². The van der Waals surface area contributed by atoms with Crippen molar-refractivity contribution in [1.82, 2.24) is 25.1 Å². The van der Waals surface area contributed by atoms with Gasteiger partial charge < -0.3 is 14.8 Å². The Kier molecular flexibility index (Phi) is 5.46. The van der Waals surface area contributed by atoms with Crippen LogP contribution in [0.15, 0.2) is 73.3 Å².